The Hall–Kier alpha value is -2.57. The van der Waals surface area contributed by atoms with E-state index in [0.717, 1.165) is 5.52 Å². The molecule has 12 heteroatoms. The number of fused-ring (bicyclic) bond motifs is 2. The summed E-state index contributed by atoms with van der Waals surface area (Å²) in [5.74, 6) is -3.02. The summed E-state index contributed by atoms with van der Waals surface area (Å²) >= 11 is 3.59. The molecule has 3 saturated heterocycles. The minimum absolute atomic E-state index is 0.0363. The van der Waals surface area contributed by atoms with Crippen molar-refractivity contribution >= 4 is 44.7 Å². The molecule has 3 aliphatic rings. The van der Waals surface area contributed by atoms with Gasteiger partial charge in [0.05, 0.1) is 42.7 Å². The predicted molar refractivity (Wildman–Crippen MR) is 121 cm³/mol. The van der Waals surface area contributed by atoms with E-state index in [1.807, 2.05) is 24.3 Å². The molecule has 0 aliphatic carbocycles. The Balaban J connectivity index is 1.47. The Bertz CT molecular complexity index is 1140. The SMILES string of the molecule is CCOC(=O)[C@H]1[C@H]2C(=O)N([C@H](C)CO)C(C(=O)NCn3nnc4ccccc43)C23CC(Br)[C@@H]1O3. The summed E-state index contributed by atoms with van der Waals surface area (Å²) in [5, 5.41) is 20.9. The number of nitrogens with one attached hydrogen (secondary N) is 1. The summed E-state index contributed by atoms with van der Waals surface area (Å²) in [6.07, 6.45) is -0.197. The fourth-order valence-corrected chi connectivity index (χ4v) is 6.66. The molecule has 11 nitrogen and oxygen atoms in total. The van der Waals surface area contributed by atoms with E-state index in [1.165, 1.54) is 4.90 Å². The fraction of sp³-hybridized carbons (Fsp3) is 0.591. The van der Waals surface area contributed by atoms with Crippen LogP contribution in [0.1, 0.15) is 20.3 Å². The molecule has 2 aromatic rings. The molecule has 4 heterocycles. The van der Waals surface area contributed by atoms with Crippen molar-refractivity contribution in [3.63, 3.8) is 0 Å². The molecule has 1 aromatic carbocycles. The van der Waals surface area contributed by atoms with Crippen molar-refractivity contribution in [2.75, 3.05) is 13.2 Å². The maximum atomic E-state index is 13.6. The number of hydrogen-bond acceptors (Lipinski definition) is 8. The molecular formula is C22H26BrN5O6. The molecular weight excluding hydrogens is 510 g/mol. The normalized spacial score (nSPS) is 32.8. The molecule has 182 valence electrons. The number of halogens is 1. The van der Waals surface area contributed by atoms with E-state index in [9.17, 15) is 19.5 Å². The number of ether oxygens (including phenoxy) is 2. The van der Waals surface area contributed by atoms with Crippen LogP contribution in [0.4, 0.5) is 0 Å². The highest BCUT2D eigenvalue weighted by Crippen LogP contribution is 2.60. The average molecular weight is 536 g/mol. The maximum absolute atomic E-state index is 13.6. The van der Waals surface area contributed by atoms with E-state index >= 15 is 0 Å². The van der Waals surface area contributed by atoms with Crippen molar-refractivity contribution in [3.8, 4) is 0 Å². The molecule has 3 unspecified atom stereocenters. The number of carbonyl (C=O) groups excluding carboxylic acids is 3. The van der Waals surface area contributed by atoms with Crippen molar-refractivity contribution in [1.82, 2.24) is 25.2 Å². The van der Waals surface area contributed by atoms with Crippen molar-refractivity contribution in [1.29, 1.82) is 0 Å². The van der Waals surface area contributed by atoms with Gasteiger partial charge in [0.1, 0.15) is 23.8 Å². The monoisotopic (exact) mass is 535 g/mol. The molecule has 3 aliphatic heterocycles. The number of amides is 2. The van der Waals surface area contributed by atoms with Crippen LogP contribution in [0.15, 0.2) is 24.3 Å². The highest BCUT2D eigenvalue weighted by Gasteiger charge is 2.77. The molecule has 1 spiro atoms. The number of benzene rings is 1. The van der Waals surface area contributed by atoms with Crippen LogP contribution in [0.5, 0.6) is 0 Å². The smallest absolute Gasteiger partial charge is 0.312 e. The van der Waals surface area contributed by atoms with Gasteiger partial charge in [0.2, 0.25) is 11.8 Å². The van der Waals surface area contributed by atoms with Crippen molar-refractivity contribution in [2.24, 2.45) is 11.8 Å². The Morgan fingerprint density at radius 2 is 2.18 bits per heavy atom. The van der Waals surface area contributed by atoms with Gasteiger partial charge in [-0.15, -0.1) is 5.10 Å². The zero-order chi connectivity index (χ0) is 24.2. The molecule has 3 fully saturated rings. The minimum Gasteiger partial charge on any atom is -0.466 e. The Morgan fingerprint density at radius 1 is 1.41 bits per heavy atom. The number of nitrogens with zero attached hydrogens (tertiary/aromatic N) is 4. The van der Waals surface area contributed by atoms with Gasteiger partial charge >= 0.3 is 5.97 Å². The van der Waals surface area contributed by atoms with Crippen LogP contribution in [0.2, 0.25) is 0 Å². The molecule has 2 N–H and O–H groups in total. The van der Waals surface area contributed by atoms with Crippen LogP contribution in [-0.2, 0) is 30.5 Å². The maximum Gasteiger partial charge on any atom is 0.312 e. The number of aliphatic hydroxyl groups is 1. The summed E-state index contributed by atoms with van der Waals surface area (Å²) in [5.41, 5.74) is 0.243. The summed E-state index contributed by atoms with van der Waals surface area (Å²) in [6, 6.07) is 5.70. The van der Waals surface area contributed by atoms with E-state index in [-0.39, 0.29) is 30.6 Å². The quantitative estimate of drug-likeness (QED) is 0.379. The molecule has 34 heavy (non-hydrogen) atoms. The number of rotatable bonds is 7. The zero-order valence-corrected chi connectivity index (χ0v) is 20.3. The molecule has 0 saturated carbocycles. The third kappa shape index (κ3) is 3.26. The van der Waals surface area contributed by atoms with Crippen LogP contribution in [0.25, 0.3) is 11.0 Å². The van der Waals surface area contributed by atoms with Crippen LogP contribution in [0.3, 0.4) is 0 Å². The molecule has 5 rings (SSSR count). The van der Waals surface area contributed by atoms with Gasteiger partial charge in [-0.05, 0) is 32.4 Å². The fourth-order valence-electron chi connectivity index (χ4n) is 5.72. The lowest BCUT2D eigenvalue weighted by molar-refractivity contribution is -0.155. The zero-order valence-electron chi connectivity index (χ0n) is 18.8. The number of likely N-dealkylation sites (tertiary alicyclic amines) is 1. The van der Waals surface area contributed by atoms with Gasteiger partial charge in [0.15, 0.2) is 0 Å². The van der Waals surface area contributed by atoms with Gasteiger partial charge in [-0.25, -0.2) is 4.68 Å². The topological polar surface area (TPSA) is 136 Å². The number of para-hydroxylation sites is 1. The van der Waals surface area contributed by atoms with Gasteiger partial charge in [0.25, 0.3) is 0 Å². The van der Waals surface area contributed by atoms with Crippen LogP contribution in [-0.4, -0.2) is 84.6 Å². The van der Waals surface area contributed by atoms with Crippen LogP contribution in [0, 0.1) is 11.8 Å². The van der Waals surface area contributed by atoms with Gasteiger partial charge in [0, 0.05) is 4.83 Å². The Labute approximate surface area is 203 Å². The summed E-state index contributed by atoms with van der Waals surface area (Å²) in [4.78, 5) is 41.2. The van der Waals surface area contributed by atoms with E-state index in [0.29, 0.717) is 11.9 Å². The molecule has 2 amide bonds. The lowest BCUT2D eigenvalue weighted by Crippen LogP contribution is -2.57. The van der Waals surface area contributed by atoms with Crippen molar-refractivity contribution in [3.05, 3.63) is 24.3 Å². The summed E-state index contributed by atoms with van der Waals surface area (Å²) in [7, 11) is 0. The standard InChI is InChI=1S/C22H26BrN5O6/c1-3-33-21(32)15-16-20(31)28(11(2)9-29)18(22(16)8-12(23)17(15)34-22)19(30)24-10-27-14-7-5-4-6-13(14)25-26-27/h4-7,11-12,15-18,29H,3,8-10H2,1-2H3,(H,24,30)/t11-,12?,15+,16+,17+,18?,22?/m1/s1. The molecule has 2 bridgehead atoms. The number of esters is 1. The Kier molecular flexibility index (Phi) is 5.85. The lowest BCUT2D eigenvalue weighted by Gasteiger charge is -2.35. The van der Waals surface area contributed by atoms with Gasteiger partial charge in [-0.1, -0.05) is 33.3 Å². The molecule has 1 aromatic heterocycles. The second-order valence-corrected chi connectivity index (χ2v) is 10.1. The second-order valence-electron chi connectivity index (χ2n) is 8.97. The third-order valence-corrected chi connectivity index (χ3v) is 7.94. The number of alkyl halides is 1. The van der Waals surface area contributed by atoms with E-state index in [4.69, 9.17) is 9.47 Å². The first-order chi connectivity index (χ1) is 16.3. The minimum atomic E-state index is -1.20. The number of aliphatic hydroxyl groups excluding tert-OH is 1. The van der Waals surface area contributed by atoms with Crippen LogP contribution < -0.4 is 5.32 Å². The number of hydrogen-bond donors (Lipinski definition) is 2. The highest BCUT2D eigenvalue weighted by atomic mass is 79.9. The lowest BCUT2D eigenvalue weighted by atomic mass is 9.70. The largest absolute Gasteiger partial charge is 0.466 e. The van der Waals surface area contributed by atoms with Crippen molar-refractivity contribution in [2.45, 2.75) is 55.6 Å². The molecule has 0 radical (unpaired) electrons. The first-order valence-electron chi connectivity index (χ1n) is 11.3. The number of aromatic nitrogens is 3. The second kappa shape index (κ2) is 8.58. The van der Waals surface area contributed by atoms with E-state index in [2.05, 4.69) is 31.6 Å². The predicted octanol–water partition coefficient (Wildman–Crippen LogP) is 0.197. The van der Waals surface area contributed by atoms with Crippen LogP contribution >= 0.6 is 15.9 Å². The Morgan fingerprint density at radius 3 is 2.91 bits per heavy atom. The highest BCUT2D eigenvalue weighted by molar-refractivity contribution is 9.09. The number of carbonyl (C=O) groups is 3. The first-order valence-corrected chi connectivity index (χ1v) is 12.2. The van der Waals surface area contributed by atoms with Gasteiger partial charge in [-0.3, -0.25) is 14.4 Å². The summed E-state index contributed by atoms with van der Waals surface area (Å²) in [6.45, 7) is 3.24. The third-order valence-electron chi connectivity index (χ3n) is 7.10. The van der Waals surface area contributed by atoms with Crippen molar-refractivity contribution < 1.29 is 29.0 Å². The van der Waals surface area contributed by atoms with E-state index < -0.39 is 47.5 Å². The first kappa shape index (κ1) is 23.2. The summed E-state index contributed by atoms with van der Waals surface area (Å²) < 4.78 is 13.1. The molecule has 7 atom stereocenters. The van der Waals surface area contributed by atoms with Gasteiger partial charge in [-0.2, -0.15) is 0 Å². The average Bonchev–Trinajstić information content (AvgIpc) is 3.54. The van der Waals surface area contributed by atoms with E-state index in [1.54, 1.807) is 18.5 Å². The van der Waals surface area contributed by atoms with Gasteiger partial charge < -0.3 is 24.8 Å².